The predicted molar refractivity (Wildman–Crippen MR) is 98.0 cm³/mol. The number of hydrogen-bond acceptors (Lipinski definition) is 3. The highest BCUT2D eigenvalue weighted by molar-refractivity contribution is 14.1. The van der Waals surface area contributed by atoms with Gasteiger partial charge in [-0.1, -0.05) is 0 Å². The van der Waals surface area contributed by atoms with Crippen molar-refractivity contribution in [2.24, 2.45) is 0 Å². The molecule has 0 radical (unpaired) electrons. The fraction of sp³-hybridized carbons (Fsp3) is 0.556. The minimum Gasteiger partial charge on any atom is -0.390 e. The van der Waals surface area contributed by atoms with Gasteiger partial charge < -0.3 is 15.3 Å². The first-order chi connectivity index (χ1) is 11.7. The molecule has 1 aliphatic heterocycles. The van der Waals surface area contributed by atoms with Crippen LogP contribution >= 0.6 is 22.6 Å². The number of halogens is 2. The molecule has 1 spiro atoms. The van der Waals surface area contributed by atoms with Gasteiger partial charge in [0.25, 0.3) is 5.91 Å². The lowest BCUT2D eigenvalue weighted by atomic mass is 9.77. The van der Waals surface area contributed by atoms with Crippen molar-refractivity contribution in [1.29, 1.82) is 0 Å². The molecule has 25 heavy (non-hydrogen) atoms. The van der Waals surface area contributed by atoms with Crippen LogP contribution in [0.5, 0.6) is 0 Å². The van der Waals surface area contributed by atoms with Crippen molar-refractivity contribution in [2.45, 2.75) is 49.4 Å². The molecule has 0 bridgehead atoms. The van der Waals surface area contributed by atoms with Crippen molar-refractivity contribution >= 4 is 34.4 Å². The number of carbonyl (C=O) groups excluding carboxylic acids is 2. The van der Waals surface area contributed by atoms with E-state index in [1.807, 2.05) is 12.1 Å². The standard InChI is InChI=1S/C18H20FIN2O3/c1-17(25)5-11(6-17)21-15(23)8-22-9-18(7-14(18)19)13-4-10(20)2-3-12(13)16(22)24/h2-4,11,14,25H,5-9H2,1H3,(H,21,23)/t11-,14-,17-,18-/m1/s1. The summed E-state index contributed by atoms with van der Waals surface area (Å²) in [5, 5.41) is 12.6. The van der Waals surface area contributed by atoms with Crippen LogP contribution in [0.15, 0.2) is 18.2 Å². The highest BCUT2D eigenvalue weighted by Gasteiger charge is 2.61. The van der Waals surface area contributed by atoms with Gasteiger partial charge in [-0.05, 0) is 72.5 Å². The van der Waals surface area contributed by atoms with Crippen LogP contribution in [-0.2, 0) is 10.2 Å². The molecule has 134 valence electrons. The number of amides is 2. The molecule has 2 aliphatic carbocycles. The summed E-state index contributed by atoms with van der Waals surface area (Å²) < 4.78 is 15.2. The Kier molecular flexibility index (Phi) is 3.88. The molecule has 3 aliphatic rings. The number of aliphatic hydroxyl groups is 1. The summed E-state index contributed by atoms with van der Waals surface area (Å²) in [5.41, 5.74) is -0.0749. The monoisotopic (exact) mass is 458 g/mol. The lowest BCUT2D eigenvalue weighted by Gasteiger charge is -2.41. The van der Waals surface area contributed by atoms with Gasteiger partial charge in [0.05, 0.1) is 12.1 Å². The largest absolute Gasteiger partial charge is 0.390 e. The second-order valence-corrected chi connectivity index (χ2v) is 9.09. The Bertz CT molecular complexity index is 761. The van der Waals surface area contributed by atoms with Gasteiger partial charge in [0.1, 0.15) is 6.17 Å². The molecule has 5 nitrogen and oxygen atoms in total. The van der Waals surface area contributed by atoms with Gasteiger partial charge in [0.2, 0.25) is 5.91 Å². The first kappa shape index (κ1) is 17.2. The fourth-order valence-corrected chi connectivity index (χ4v) is 4.66. The van der Waals surface area contributed by atoms with E-state index in [0.717, 1.165) is 9.13 Å². The summed E-state index contributed by atoms with van der Waals surface area (Å²) in [6.07, 6.45) is 0.469. The summed E-state index contributed by atoms with van der Waals surface area (Å²) in [6.45, 7) is 1.91. The molecule has 2 saturated carbocycles. The maximum absolute atomic E-state index is 14.2. The number of alkyl halides is 1. The molecule has 1 aromatic carbocycles. The predicted octanol–water partition coefficient (Wildman–Crippen LogP) is 1.76. The third-order valence-electron chi connectivity index (χ3n) is 5.56. The summed E-state index contributed by atoms with van der Waals surface area (Å²) in [4.78, 5) is 26.5. The average molecular weight is 458 g/mol. The SMILES string of the molecule is C[C@]1(O)C[C@H](NC(=O)CN2C[C@]3(C[C@H]3F)c3cc(I)ccc3C2=O)C1. The summed E-state index contributed by atoms with van der Waals surface area (Å²) in [7, 11) is 0. The zero-order chi connectivity index (χ0) is 18.0. The van der Waals surface area contributed by atoms with Crippen LogP contribution in [0.2, 0.25) is 0 Å². The van der Waals surface area contributed by atoms with E-state index < -0.39 is 17.2 Å². The van der Waals surface area contributed by atoms with Crippen LogP contribution < -0.4 is 5.32 Å². The van der Waals surface area contributed by atoms with Gasteiger partial charge >= 0.3 is 0 Å². The zero-order valence-electron chi connectivity index (χ0n) is 13.9. The number of nitrogens with zero attached hydrogens (tertiary/aromatic N) is 1. The summed E-state index contributed by atoms with van der Waals surface area (Å²) >= 11 is 2.16. The Hall–Kier alpha value is -1.22. The van der Waals surface area contributed by atoms with Crippen molar-refractivity contribution in [3.05, 3.63) is 32.9 Å². The second kappa shape index (κ2) is 5.64. The molecule has 2 amide bonds. The zero-order valence-corrected chi connectivity index (χ0v) is 16.0. The number of fused-ring (bicyclic) bond motifs is 2. The van der Waals surface area contributed by atoms with E-state index in [9.17, 15) is 19.1 Å². The fourth-order valence-electron chi connectivity index (χ4n) is 4.16. The second-order valence-electron chi connectivity index (χ2n) is 7.85. The Labute approximate surface area is 159 Å². The Balaban J connectivity index is 1.49. The number of rotatable bonds is 3. The highest BCUT2D eigenvalue weighted by Crippen LogP contribution is 2.54. The van der Waals surface area contributed by atoms with Crippen molar-refractivity contribution in [3.63, 3.8) is 0 Å². The van der Waals surface area contributed by atoms with Crippen LogP contribution in [0.4, 0.5) is 4.39 Å². The van der Waals surface area contributed by atoms with Crippen LogP contribution in [0.25, 0.3) is 0 Å². The van der Waals surface area contributed by atoms with Gasteiger partial charge in [-0.15, -0.1) is 0 Å². The van der Waals surface area contributed by atoms with Gasteiger partial charge in [-0.2, -0.15) is 0 Å². The average Bonchev–Trinajstić information content (AvgIpc) is 3.13. The lowest BCUT2D eigenvalue weighted by Crippen LogP contribution is -2.56. The molecule has 1 aromatic rings. The van der Waals surface area contributed by atoms with E-state index in [-0.39, 0.29) is 30.9 Å². The van der Waals surface area contributed by atoms with E-state index in [4.69, 9.17) is 0 Å². The molecule has 7 heteroatoms. The number of hydrogen-bond donors (Lipinski definition) is 2. The summed E-state index contributed by atoms with van der Waals surface area (Å²) in [5.74, 6) is -0.471. The topological polar surface area (TPSA) is 69.6 Å². The molecule has 0 unspecified atom stereocenters. The molecular weight excluding hydrogens is 438 g/mol. The van der Waals surface area contributed by atoms with Gasteiger partial charge in [-0.3, -0.25) is 9.59 Å². The van der Waals surface area contributed by atoms with Crippen molar-refractivity contribution in [3.8, 4) is 0 Å². The maximum Gasteiger partial charge on any atom is 0.254 e. The summed E-state index contributed by atoms with van der Waals surface area (Å²) in [6, 6.07) is 5.40. The van der Waals surface area contributed by atoms with E-state index >= 15 is 0 Å². The Morgan fingerprint density at radius 1 is 1.44 bits per heavy atom. The molecule has 0 aromatic heterocycles. The molecular formula is C18H20FIN2O3. The Morgan fingerprint density at radius 2 is 2.12 bits per heavy atom. The first-order valence-electron chi connectivity index (χ1n) is 8.45. The van der Waals surface area contributed by atoms with E-state index in [0.29, 0.717) is 24.8 Å². The molecule has 2 atom stereocenters. The molecule has 1 heterocycles. The smallest absolute Gasteiger partial charge is 0.254 e. The minimum absolute atomic E-state index is 0.0555. The molecule has 2 N–H and O–H groups in total. The van der Waals surface area contributed by atoms with Crippen LogP contribution in [0.1, 0.15) is 42.1 Å². The minimum atomic E-state index is -0.968. The highest BCUT2D eigenvalue weighted by atomic mass is 127. The molecule has 4 rings (SSSR count). The number of nitrogens with one attached hydrogen (secondary N) is 1. The first-order valence-corrected chi connectivity index (χ1v) is 9.53. The van der Waals surface area contributed by atoms with Gasteiger partial charge in [0.15, 0.2) is 0 Å². The van der Waals surface area contributed by atoms with E-state index in [1.54, 1.807) is 13.0 Å². The normalized spacial score (nSPS) is 36.0. The lowest BCUT2D eigenvalue weighted by molar-refractivity contribution is -0.125. The van der Waals surface area contributed by atoms with Crippen molar-refractivity contribution in [2.75, 3.05) is 13.1 Å². The van der Waals surface area contributed by atoms with Crippen LogP contribution in [0.3, 0.4) is 0 Å². The number of carbonyl (C=O) groups is 2. The molecule has 2 fully saturated rings. The third kappa shape index (κ3) is 2.95. The van der Waals surface area contributed by atoms with Crippen LogP contribution in [0, 0.1) is 3.57 Å². The van der Waals surface area contributed by atoms with Crippen LogP contribution in [-0.4, -0.2) is 52.7 Å². The quantitative estimate of drug-likeness (QED) is 0.679. The van der Waals surface area contributed by atoms with E-state index in [1.165, 1.54) is 4.90 Å². The number of benzene rings is 1. The maximum atomic E-state index is 14.2. The van der Waals surface area contributed by atoms with E-state index in [2.05, 4.69) is 27.9 Å². The molecule has 0 saturated heterocycles. The van der Waals surface area contributed by atoms with Crippen molar-refractivity contribution < 1.29 is 19.1 Å². The van der Waals surface area contributed by atoms with Gasteiger partial charge in [0, 0.05) is 27.1 Å². The Morgan fingerprint density at radius 3 is 2.72 bits per heavy atom. The van der Waals surface area contributed by atoms with Crippen molar-refractivity contribution in [1.82, 2.24) is 10.2 Å². The third-order valence-corrected chi connectivity index (χ3v) is 6.23. The van der Waals surface area contributed by atoms with Gasteiger partial charge in [-0.25, -0.2) is 4.39 Å².